The lowest BCUT2D eigenvalue weighted by atomic mass is 9.55. The fourth-order valence-corrected chi connectivity index (χ4v) is 5.95. The molecule has 0 aliphatic heterocycles. The number of halogens is 1. The van der Waals surface area contributed by atoms with Gasteiger partial charge in [-0.1, -0.05) is 13.0 Å². The van der Waals surface area contributed by atoms with Crippen LogP contribution in [0.2, 0.25) is 0 Å². The number of alkyl halides is 1. The second kappa shape index (κ2) is 5.18. The number of aromatic hydroxyl groups is 1. The zero-order valence-electron chi connectivity index (χ0n) is 13.7. The highest BCUT2D eigenvalue weighted by atomic mass is 19.1. The summed E-state index contributed by atoms with van der Waals surface area (Å²) in [6.45, 7) is 2.12. The summed E-state index contributed by atoms with van der Waals surface area (Å²) in [7, 11) is 1.66. The summed E-state index contributed by atoms with van der Waals surface area (Å²) in [6.07, 6.45) is 1.28. The minimum Gasteiger partial charge on any atom is -0.508 e. The normalized spacial score (nSPS) is 45.2. The Morgan fingerprint density at radius 2 is 2.09 bits per heavy atom. The van der Waals surface area contributed by atoms with E-state index < -0.39 is 12.3 Å². The van der Waals surface area contributed by atoms with Gasteiger partial charge in [-0.05, 0) is 66.2 Å². The van der Waals surface area contributed by atoms with Crippen LogP contribution < -0.4 is 0 Å². The summed E-state index contributed by atoms with van der Waals surface area (Å²) in [5.74, 6) is 0.508. The number of phenols is 1. The zero-order chi connectivity index (χ0) is 16.4. The Morgan fingerprint density at radius 3 is 2.83 bits per heavy atom. The van der Waals surface area contributed by atoms with Crippen LogP contribution in [0.25, 0.3) is 0 Å². The molecule has 23 heavy (non-hydrogen) atoms. The van der Waals surface area contributed by atoms with Crippen molar-refractivity contribution in [2.75, 3.05) is 7.11 Å². The molecule has 7 atom stereocenters. The molecule has 126 valence electrons. The topological polar surface area (TPSA) is 49.7 Å². The van der Waals surface area contributed by atoms with E-state index in [1.807, 2.05) is 6.07 Å². The Balaban J connectivity index is 1.77. The number of aliphatic hydroxyl groups is 1. The monoisotopic (exact) mass is 320 g/mol. The summed E-state index contributed by atoms with van der Waals surface area (Å²) in [4.78, 5) is 0. The number of benzene rings is 1. The van der Waals surface area contributed by atoms with E-state index in [0.717, 1.165) is 24.0 Å². The van der Waals surface area contributed by atoms with Crippen LogP contribution in [0.15, 0.2) is 18.2 Å². The lowest BCUT2D eigenvalue weighted by Gasteiger charge is -2.51. The molecule has 4 rings (SSSR count). The Hall–Kier alpha value is -1.13. The minimum atomic E-state index is -0.896. The van der Waals surface area contributed by atoms with Crippen molar-refractivity contribution in [3.8, 4) is 5.75 Å². The number of rotatable bonds is 1. The number of hydrogen-bond acceptors (Lipinski definition) is 3. The van der Waals surface area contributed by atoms with Gasteiger partial charge in [-0.25, -0.2) is 4.39 Å². The Morgan fingerprint density at radius 1 is 1.30 bits per heavy atom. The zero-order valence-corrected chi connectivity index (χ0v) is 13.7. The highest BCUT2D eigenvalue weighted by Crippen LogP contribution is 2.62. The molecule has 3 aliphatic carbocycles. The number of aliphatic hydroxyl groups excluding tert-OH is 1. The van der Waals surface area contributed by atoms with Crippen LogP contribution in [0.5, 0.6) is 5.75 Å². The molecule has 1 aromatic carbocycles. The average molecular weight is 320 g/mol. The van der Waals surface area contributed by atoms with Gasteiger partial charge in [0.25, 0.3) is 0 Å². The van der Waals surface area contributed by atoms with Crippen LogP contribution in [0, 0.1) is 17.3 Å². The van der Waals surface area contributed by atoms with Crippen LogP contribution in [0.1, 0.15) is 43.2 Å². The number of methoxy groups -OCH3 is 1. The van der Waals surface area contributed by atoms with E-state index in [2.05, 4.69) is 6.92 Å². The van der Waals surface area contributed by atoms with E-state index >= 15 is 4.39 Å². The fraction of sp³-hybridized carbons (Fsp3) is 0.684. The van der Waals surface area contributed by atoms with Crippen LogP contribution in [-0.2, 0) is 11.2 Å². The number of aryl methyl sites for hydroxylation is 1. The predicted octanol–water partition coefficient (Wildman–Crippen LogP) is 3.18. The van der Waals surface area contributed by atoms with Gasteiger partial charge in [-0.15, -0.1) is 0 Å². The molecule has 0 amide bonds. The Kier molecular flexibility index (Phi) is 3.47. The van der Waals surface area contributed by atoms with Crippen molar-refractivity contribution < 1.29 is 19.3 Å². The molecule has 1 aromatic rings. The third-order valence-corrected chi connectivity index (χ3v) is 6.69. The lowest BCUT2D eigenvalue weighted by Crippen LogP contribution is -2.49. The molecule has 0 aromatic heterocycles. The summed E-state index contributed by atoms with van der Waals surface area (Å²) < 4.78 is 20.8. The third kappa shape index (κ3) is 2.14. The second-order valence-electron chi connectivity index (χ2n) is 7.98. The van der Waals surface area contributed by atoms with Crippen molar-refractivity contribution in [2.24, 2.45) is 17.3 Å². The molecule has 0 heterocycles. The van der Waals surface area contributed by atoms with Crippen LogP contribution in [0.3, 0.4) is 0 Å². The molecule has 3 nitrogen and oxygen atoms in total. The van der Waals surface area contributed by atoms with E-state index in [9.17, 15) is 10.2 Å². The second-order valence-corrected chi connectivity index (χ2v) is 7.98. The maximum Gasteiger partial charge on any atom is 0.115 e. The first-order chi connectivity index (χ1) is 10.9. The van der Waals surface area contributed by atoms with Crippen LogP contribution >= 0.6 is 0 Å². The van der Waals surface area contributed by atoms with E-state index in [0.29, 0.717) is 12.8 Å². The van der Waals surface area contributed by atoms with Crippen molar-refractivity contribution >= 4 is 0 Å². The molecule has 4 heteroatoms. The van der Waals surface area contributed by atoms with E-state index in [-0.39, 0.29) is 35.0 Å². The van der Waals surface area contributed by atoms with E-state index in [4.69, 9.17) is 4.74 Å². The number of ether oxygens (including phenoxy) is 1. The summed E-state index contributed by atoms with van der Waals surface area (Å²) in [5.41, 5.74) is 1.93. The highest BCUT2D eigenvalue weighted by molar-refractivity contribution is 5.41. The molecule has 2 saturated carbocycles. The van der Waals surface area contributed by atoms with Crippen molar-refractivity contribution in [2.45, 2.75) is 56.9 Å². The molecule has 0 unspecified atom stereocenters. The molecule has 0 spiro atoms. The Bertz CT molecular complexity index is 619. The largest absolute Gasteiger partial charge is 0.508 e. The van der Waals surface area contributed by atoms with Gasteiger partial charge in [0.2, 0.25) is 0 Å². The first-order valence-electron chi connectivity index (χ1n) is 8.61. The molecule has 3 aliphatic rings. The standard InChI is InChI=1S/C19H25FO3/c1-19-8-14(20)16-12-6-4-11(21)7-10(12)3-5-13(16)17(19)18(23-2)15(22)9-19/h4,6-7,13-18,21-22H,3,5,8-9H2,1-2H3/t13-,14+,15+,16-,17-,18+,19-/m1/s1. The van der Waals surface area contributed by atoms with Crippen LogP contribution in [-0.4, -0.2) is 35.7 Å². The van der Waals surface area contributed by atoms with Gasteiger partial charge >= 0.3 is 0 Å². The van der Waals surface area contributed by atoms with E-state index in [1.54, 1.807) is 19.2 Å². The predicted molar refractivity (Wildman–Crippen MR) is 85.2 cm³/mol. The van der Waals surface area contributed by atoms with Gasteiger partial charge in [0.1, 0.15) is 11.9 Å². The molecular formula is C19H25FO3. The number of fused-ring (bicyclic) bond motifs is 5. The molecule has 2 fully saturated rings. The third-order valence-electron chi connectivity index (χ3n) is 6.69. The summed E-state index contributed by atoms with van der Waals surface area (Å²) in [5, 5.41) is 20.1. The number of phenolic OH excluding ortho intramolecular Hbond substituents is 1. The Labute approximate surface area is 136 Å². The maximum atomic E-state index is 15.2. The van der Waals surface area contributed by atoms with E-state index in [1.165, 1.54) is 0 Å². The average Bonchev–Trinajstić information content (AvgIpc) is 2.75. The summed E-state index contributed by atoms with van der Waals surface area (Å²) in [6, 6.07) is 5.34. The van der Waals surface area contributed by atoms with Gasteiger partial charge in [0.15, 0.2) is 0 Å². The van der Waals surface area contributed by atoms with Gasteiger partial charge < -0.3 is 14.9 Å². The molecule has 0 radical (unpaired) electrons. The maximum absolute atomic E-state index is 15.2. The lowest BCUT2D eigenvalue weighted by molar-refractivity contribution is -0.0722. The van der Waals surface area contributed by atoms with Gasteiger partial charge in [-0.3, -0.25) is 0 Å². The fourth-order valence-electron chi connectivity index (χ4n) is 5.95. The quantitative estimate of drug-likeness (QED) is 0.835. The molecule has 0 saturated heterocycles. The SMILES string of the molecule is CO[C@@H]1[C@H]2[C@@H]3CCc4cc(O)ccc4[C@H]3[C@@H](F)C[C@]2(C)C[C@@H]1O. The van der Waals surface area contributed by atoms with Crippen LogP contribution in [0.4, 0.5) is 4.39 Å². The van der Waals surface area contributed by atoms with Gasteiger partial charge in [0.05, 0.1) is 12.2 Å². The molecule has 0 bridgehead atoms. The van der Waals surface area contributed by atoms with Crippen molar-refractivity contribution in [3.05, 3.63) is 29.3 Å². The summed E-state index contributed by atoms with van der Waals surface area (Å²) >= 11 is 0. The smallest absolute Gasteiger partial charge is 0.115 e. The number of hydrogen-bond donors (Lipinski definition) is 2. The van der Waals surface area contributed by atoms with Crippen molar-refractivity contribution in [3.63, 3.8) is 0 Å². The van der Waals surface area contributed by atoms with Gasteiger partial charge in [0, 0.05) is 13.0 Å². The molecule has 2 N–H and O–H groups in total. The first-order valence-corrected chi connectivity index (χ1v) is 8.61. The van der Waals surface area contributed by atoms with Crippen molar-refractivity contribution in [1.82, 2.24) is 0 Å². The minimum absolute atomic E-state index is 0.139. The first kappa shape index (κ1) is 15.4. The van der Waals surface area contributed by atoms with Crippen molar-refractivity contribution in [1.29, 1.82) is 0 Å². The van der Waals surface area contributed by atoms with Gasteiger partial charge in [-0.2, -0.15) is 0 Å². The highest BCUT2D eigenvalue weighted by Gasteiger charge is 2.60. The molecular weight excluding hydrogens is 295 g/mol.